The summed E-state index contributed by atoms with van der Waals surface area (Å²) in [6.07, 6.45) is 0. The van der Waals surface area contributed by atoms with Crippen LogP contribution in [0.1, 0.15) is 13.8 Å². The Balaban J connectivity index is -0.0000000262. The molecule has 0 nitrogen and oxygen atoms in total. The molecule has 0 saturated carbocycles. The van der Waals surface area contributed by atoms with Gasteiger partial charge in [-0.05, 0) is 13.8 Å². The zero-order valence-corrected chi connectivity index (χ0v) is 7.45. The van der Waals surface area contributed by atoms with Gasteiger partial charge in [-0.1, -0.05) is 5.57 Å². The topological polar surface area (TPSA) is 0 Å². The largest absolute Gasteiger partial charge is 0.106 e. The van der Waals surface area contributed by atoms with Gasteiger partial charge in [0.2, 0.25) is 0 Å². The van der Waals surface area contributed by atoms with Crippen LogP contribution in [0.5, 0.6) is 0 Å². The summed E-state index contributed by atoms with van der Waals surface area (Å²) < 4.78 is 0. The molecule has 0 unspecified atom stereocenters. The molecule has 0 spiro atoms. The summed E-state index contributed by atoms with van der Waals surface area (Å²) in [5.74, 6) is 0. The van der Waals surface area contributed by atoms with E-state index in [-0.39, 0.29) is 0 Å². The van der Waals surface area contributed by atoms with Crippen molar-refractivity contribution in [3.05, 3.63) is 51.6 Å². The molecule has 0 radical (unpaired) electrons. The van der Waals surface area contributed by atoms with E-state index in [1.54, 1.807) is 0 Å². The Morgan fingerprint density at radius 3 is 0.700 bits per heavy atom. The molecule has 0 N–H and O–H groups in total. The molecule has 0 aliphatic carbocycles. The molecule has 0 rings (SSSR count). The third-order valence-corrected chi connectivity index (χ3v) is 0. The van der Waals surface area contributed by atoms with Crippen molar-refractivity contribution in [3.63, 3.8) is 0 Å². The second-order valence-corrected chi connectivity index (χ2v) is 1.21. The fraction of sp³-hybridized carbons (Fsp3) is 0.200. The minimum atomic E-state index is 1.17. The predicted octanol–water partition coefficient (Wildman–Crippen LogP) is 3.99. The first-order chi connectivity index (χ1) is 4.73. The van der Waals surface area contributed by atoms with Crippen LogP contribution in [0.4, 0.5) is 0 Å². The summed E-state index contributed by atoms with van der Waals surface area (Å²) in [5.41, 5.74) is 1.17. The van der Waals surface area contributed by atoms with Gasteiger partial charge in [-0.2, -0.15) is 0 Å². The fourth-order valence-corrected chi connectivity index (χ4v) is 0. The second kappa shape index (κ2) is 100. The molecule has 0 aliphatic heterocycles. The summed E-state index contributed by atoms with van der Waals surface area (Å²) in [7, 11) is 0. The van der Waals surface area contributed by atoms with E-state index in [4.69, 9.17) is 0 Å². The van der Waals surface area contributed by atoms with Crippen LogP contribution >= 0.6 is 0 Å². The standard InChI is InChI=1S/C4H8.3C2H4/c1-4(2)3;3*1-2/h1H2,2-3H3;3*1-2H2. The van der Waals surface area contributed by atoms with Gasteiger partial charge in [0.25, 0.3) is 0 Å². The first-order valence-corrected chi connectivity index (χ1v) is 2.85. The van der Waals surface area contributed by atoms with Crippen molar-refractivity contribution in [3.8, 4) is 0 Å². The van der Waals surface area contributed by atoms with Crippen LogP contribution in [0.2, 0.25) is 0 Å². The summed E-state index contributed by atoms with van der Waals surface area (Å²) in [5, 5.41) is 0. The molecule has 0 aromatic rings. The third kappa shape index (κ3) is 229. The van der Waals surface area contributed by atoms with E-state index in [9.17, 15) is 0 Å². The zero-order chi connectivity index (χ0) is 9.58. The Kier molecular flexibility index (Phi) is 232. The van der Waals surface area contributed by atoms with Gasteiger partial charge in [0.05, 0.1) is 0 Å². The molecule has 0 aliphatic rings. The molecule has 0 bridgehead atoms. The van der Waals surface area contributed by atoms with Gasteiger partial charge < -0.3 is 0 Å². The molecule has 0 heteroatoms. The Hall–Kier alpha value is -1.04. The van der Waals surface area contributed by atoms with Crippen molar-refractivity contribution in [1.82, 2.24) is 0 Å². The Morgan fingerprint density at radius 2 is 0.700 bits per heavy atom. The molecule has 10 heavy (non-hydrogen) atoms. The maximum atomic E-state index is 3.56. The lowest BCUT2D eigenvalue weighted by molar-refractivity contribution is 1.42. The minimum Gasteiger partial charge on any atom is -0.106 e. The van der Waals surface area contributed by atoms with E-state index in [0.29, 0.717) is 0 Å². The van der Waals surface area contributed by atoms with E-state index in [1.165, 1.54) is 5.57 Å². The van der Waals surface area contributed by atoms with Crippen molar-refractivity contribution < 1.29 is 0 Å². The van der Waals surface area contributed by atoms with Crippen LogP contribution in [-0.2, 0) is 0 Å². The molecule has 0 heterocycles. The quantitative estimate of drug-likeness (QED) is 0.446. The molecule has 60 valence electrons. The highest BCUT2D eigenvalue weighted by Crippen LogP contribution is 1.73. The van der Waals surface area contributed by atoms with Crippen LogP contribution in [0.25, 0.3) is 0 Å². The van der Waals surface area contributed by atoms with Gasteiger partial charge in [-0.15, -0.1) is 46.1 Å². The lowest BCUT2D eigenvalue weighted by atomic mass is 10.4. The van der Waals surface area contributed by atoms with Gasteiger partial charge in [-0.25, -0.2) is 0 Å². The van der Waals surface area contributed by atoms with Crippen LogP contribution in [-0.4, -0.2) is 0 Å². The second-order valence-electron chi connectivity index (χ2n) is 1.21. The molecular weight excluding hydrogens is 120 g/mol. The molecule has 0 atom stereocenters. The molecular formula is C10H20. The van der Waals surface area contributed by atoms with Gasteiger partial charge in [-0.3, -0.25) is 0 Å². The third-order valence-electron chi connectivity index (χ3n) is 0. The average molecular weight is 140 g/mol. The van der Waals surface area contributed by atoms with Gasteiger partial charge in [0.15, 0.2) is 0 Å². The van der Waals surface area contributed by atoms with Gasteiger partial charge in [0.1, 0.15) is 0 Å². The van der Waals surface area contributed by atoms with Crippen molar-refractivity contribution in [2.24, 2.45) is 0 Å². The van der Waals surface area contributed by atoms with E-state index in [1.807, 2.05) is 13.8 Å². The van der Waals surface area contributed by atoms with E-state index in [2.05, 4.69) is 46.1 Å². The van der Waals surface area contributed by atoms with Crippen molar-refractivity contribution >= 4 is 0 Å². The zero-order valence-electron chi connectivity index (χ0n) is 7.45. The minimum absolute atomic E-state index is 1.17. The van der Waals surface area contributed by atoms with Crippen LogP contribution < -0.4 is 0 Å². The van der Waals surface area contributed by atoms with Crippen molar-refractivity contribution in [2.75, 3.05) is 0 Å². The van der Waals surface area contributed by atoms with Crippen LogP contribution in [0.3, 0.4) is 0 Å². The number of hydrogen-bond acceptors (Lipinski definition) is 0. The van der Waals surface area contributed by atoms with E-state index >= 15 is 0 Å². The van der Waals surface area contributed by atoms with E-state index < -0.39 is 0 Å². The molecule has 0 aromatic heterocycles. The van der Waals surface area contributed by atoms with Crippen molar-refractivity contribution in [2.45, 2.75) is 13.8 Å². The summed E-state index contributed by atoms with van der Waals surface area (Å²) in [6.45, 7) is 25.5. The highest BCUT2D eigenvalue weighted by molar-refractivity contribution is 4.78. The van der Waals surface area contributed by atoms with Gasteiger partial charge >= 0.3 is 0 Å². The fourth-order valence-electron chi connectivity index (χ4n) is 0. The average Bonchev–Trinajstić information content (AvgIpc) is 1.98. The van der Waals surface area contributed by atoms with Crippen molar-refractivity contribution in [1.29, 1.82) is 0 Å². The predicted molar refractivity (Wildman–Crippen MR) is 54.3 cm³/mol. The van der Waals surface area contributed by atoms with Crippen LogP contribution in [0, 0.1) is 0 Å². The summed E-state index contributed by atoms with van der Waals surface area (Å²) >= 11 is 0. The maximum absolute atomic E-state index is 3.56. The Labute approximate surface area is 66.3 Å². The smallest absolute Gasteiger partial charge is 0.0445 e. The molecule has 0 amide bonds. The van der Waals surface area contributed by atoms with Crippen LogP contribution in [0.15, 0.2) is 51.6 Å². The number of rotatable bonds is 0. The lowest BCUT2D eigenvalue weighted by Crippen LogP contribution is -1.43. The molecule has 0 aromatic carbocycles. The monoisotopic (exact) mass is 140 g/mol. The molecule has 0 fully saturated rings. The van der Waals surface area contributed by atoms with Gasteiger partial charge in [0, 0.05) is 0 Å². The first kappa shape index (κ1) is 23.1. The lowest BCUT2D eigenvalue weighted by Gasteiger charge is -1.65. The summed E-state index contributed by atoms with van der Waals surface area (Å²) in [4.78, 5) is 0. The Morgan fingerprint density at radius 1 is 0.700 bits per heavy atom. The number of hydrogen-bond donors (Lipinski definition) is 0. The molecule has 0 saturated heterocycles. The highest BCUT2D eigenvalue weighted by Gasteiger charge is 1.51. The Bertz CT molecular complexity index is 44.3. The summed E-state index contributed by atoms with van der Waals surface area (Å²) in [6, 6.07) is 0. The highest BCUT2D eigenvalue weighted by atomic mass is 13.6. The normalized spacial score (nSPS) is 3.80. The van der Waals surface area contributed by atoms with E-state index in [0.717, 1.165) is 0 Å². The SMILES string of the molecule is C=C.C=C.C=C.C=C(C)C. The maximum Gasteiger partial charge on any atom is -0.0445 e. The number of allylic oxidation sites excluding steroid dienone is 1. The first-order valence-electron chi connectivity index (χ1n) is 2.85.